The third-order valence-corrected chi connectivity index (χ3v) is 5.99. The van der Waals surface area contributed by atoms with Gasteiger partial charge in [0.25, 0.3) is 11.8 Å². The van der Waals surface area contributed by atoms with Crippen LogP contribution in [0.5, 0.6) is 5.75 Å². The Labute approximate surface area is 200 Å². The highest BCUT2D eigenvalue weighted by atomic mass is 16.5. The summed E-state index contributed by atoms with van der Waals surface area (Å²) in [5.74, 6) is -0.0598. The molecule has 0 aromatic heterocycles. The summed E-state index contributed by atoms with van der Waals surface area (Å²) in [5, 5.41) is 3.23. The van der Waals surface area contributed by atoms with Crippen molar-refractivity contribution in [2.45, 2.75) is 20.8 Å². The Morgan fingerprint density at radius 2 is 1.56 bits per heavy atom. The first-order valence-corrected chi connectivity index (χ1v) is 11.4. The number of hydrogen-bond donors (Lipinski definition) is 1. The predicted octanol–water partition coefficient (Wildman–Crippen LogP) is 5.25. The zero-order valence-corrected chi connectivity index (χ0v) is 20.0. The van der Waals surface area contributed by atoms with E-state index >= 15 is 0 Å². The molecule has 1 aliphatic rings. The number of amides is 2. The molecule has 174 valence electrons. The van der Waals surface area contributed by atoms with Crippen LogP contribution in [0.3, 0.4) is 0 Å². The maximum Gasteiger partial charge on any atom is 0.282 e. The van der Waals surface area contributed by atoms with E-state index in [9.17, 15) is 9.59 Å². The van der Waals surface area contributed by atoms with E-state index in [0.717, 1.165) is 30.0 Å². The van der Waals surface area contributed by atoms with Crippen LogP contribution in [0, 0.1) is 6.92 Å². The normalized spacial score (nSPS) is 13.5. The number of imide groups is 1. The maximum atomic E-state index is 13.6. The van der Waals surface area contributed by atoms with Gasteiger partial charge in [-0.1, -0.05) is 24.3 Å². The number of carbonyl (C=O) groups excluding carboxylic acids is 2. The maximum absolute atomic E-state index is 13.6. The lowest BCUT2D eigenvalue weighted by molar-refractivity contribution is -0.120. The number of anilines is 3. The highest BCUT2D eigenvalue weighted by Gasteiger charge is 2.40. The predicted molar refractivity (Wildman–Crippen MR) is 137 cm³/mol. The average molecular weight is 456 g/mol. The molecule has 1 aliphatic heterocycles. The molecule has 0 aliphatic carbocycles. The summed E-state index contributed by atoms with van der Waals surface area (Å²) in [6, 6.07) is 22.4. The molecular formula is C28H29N3O3. The van der Waals surface area contributed by atoms with Gasteiger partial charge in [0.2, 0.25) is 0 Å². The topological polar surface area (TPSA) is 61.9 Å². The van der Waals surface area contributed by atoms with Crippen molar-refractivity contribution in [3.05, 3.63) is 89.6 Å². The molecule has 1 heterocycles. The van der Waals surface area contributed by atoms with Gasteiger partial charge in [-0.3, -0.25) is 9.59 Å². The van der Waals surface area contributed by atoms with Crippen LogP contribution in [0.2, 0.25) is 0 Å². The Hall–Kier alpha value is -4.06. The molecule has 3 aromatic rings. The van der Waals surface area contributed by atoms with Crippen LogP contribution in [0.25, 0.3) is 5.57 Å². The van der Waals surface area contributed by atoms with Crippen molar-refractivity contribution in [2.75, 3.05) is 35.3 Å². The van der Waals surface area contributed by atoms with Crippen LogP contribution in [0.4, 0.5) is 17.1 Å². The number of benzene rings is 3. The van der Waals surface area contributed by atoms with Crippen LogP contribution < -0.4 is 19.9 Å². The van der Waals surface area contributed by atoms with Gasteiger partial charge in [0.05, 0.1) is 18.4 Å². The molecule has 6 heteroatoms. The smallest absolute Gasteiger partial charge is 0.282 e. The van der Waals surface area contributed by atoms with Gasteiger partial charge < -0.3 is 15.0 Å². The Balaban J connectivity index is 1.75. The third-order valence-electron chi connectivity index (χ3n) is 5.99. The van der Waals surface area contributed by atoms with E-state index in [0.29, 0.717) is 22.6 Å². The molecule has 0 saturated heterocycles. The molecule has 6 nitrogen and oxygen atoms in total. The van der Waals surface area contributed by atoms with Crippen molar-refractivity contribution in [2.24, 2.45) is 0 Å². The molecular weight excluding hydrogens is 426 g/mol. The number of nitrogens with one attached hydrogen (secondary N) is 1. The second kappa shape index (κ2) is 9.83. The number of carbonyl (C=O) groups is 2. The molecule has 0 bridgehead atoms. The fraction of sp³-hybridized carbons (Fsp3) is 0.214. The van der Waals surface area contributed by atoms with Gasteiger partial charge in [0, 0.05) is 24.5 Å². The van der Waals surface area contributed by atoms with E-state index in [-0.39, 0.29) is 17.5 Å². The van der Waals surface area contributed by atoms with Crippen molar-refractivity contribution < 1.29 is 14.3 Å². The SMILES string of the molecule is CCN(CC)c1ccc(NC2=C(c3ccc(OC)cc3)C(=O)N(c3cccc(C)c3)C2=O)cc1. The average Bonchev–Trinajstić information content (AvgIpc) is 3.10. The van der Waals surface area contributed by atoms with E-state index < -0.39 is 0 Å². The molecule has 2 amide bonds. The van der Waals surface area contributed by atoms with E-state index in [1.54, 1.807) is 37.4 Å². The van der Waals surface area contributed by atoms with Gasteiger partial charge in [-0.15, -0.1) is 0 Å². The summed E-state index contributed by atoms with van der Waals surface area (Å²) in [7, 11) is 1.59. The van der Waals surface area contributed by atoms with Gasteiger partial charge in [-0.25, -0.2) is 4.90 Å². The minimum atomic E-state index is -0.380. The second-order valence-electron chi connectivity index (χ2n) is 8.11. The number of methoxy groups -OCH3 is 1. The Kier molecular flexibility index (Phi) is 6.68. The molecule has 0 unspecified atom stereocenters. The molecule has 0 radical (unpaired) electrons. The minimum absolute atomic E-state index is 0.257. The van der Waals surface area contributed by atoms with Gasteiger partial charge in [-0.2, -0.15) is 0 Å². The van der Waals surface area contributed by atoms with Crippen LogP contribution in [0.1, 0.15) is 25.0 Å². The van der Waals surface area contributed by atoms with Crippen LogP contribution >= 0.6 is 0 Å². The highest BCUT2D eigenvalue weighted by molar-refractivity contribution is 6.46. The largest absolute Gasteiger partial charge is 0.497 e. The quantitative estimate of drug-likeness (QED) is 0.470. The molecule has 4 rings (SSSR count). The number of nitrogens with zero attached hydrogens (tertiary/aromatic N) is 2. The van der Waals surface area contributed by atoms with Crippen molar-refractivity contribution >= 4 is 34.4 Å². The van der Waals surface area contributed by atoms with Crippen LogP contribution in [-0.2, 0) is 9.59 Å². The monoisotopic (exact) mass is 455 g/mol. The molecule has 3 aromatic carbocycles. The summed E-state index contributed by atoms with van der Waals surface area (Å²) in [4.78, 5) is 30.6. The first kappa shape index (κ1) is 23.1. The molecule has 0 saturated carbocycles. The molecule has 0 spiro atoms. The van der Waals surface area contributed by atoms with Crippen LogP contribution in [0.15, 0.2) is 78.5 Å². The summed E-state index contributed by atoms with van der Waals surface area (Å²) in [6.07, 6.45) is 0. The first-order chi connectivity index (χ1) is 16.5. The lowest BCUT2D eigenvalue weighted by Gasteiger charge is -2.21. The van der Waals surface area contributed by atoms with Crippen molar-refractivity contribution in [1.29, 1.82) is 0 Å². The van der Waals surface area contributed by atoms with Crippen molar-refractivity contribution in [1.82, 2.24) is 0 Å². The standard InChI is InChI=1S/C28H29N3O3/c1-5-30(6-2)22-14-12-21(13-15-22)29-26-25(20-10-16-24(34-4)17-11-20)27(32)31(28(26)33)23-9-7-8-19(3)18-23/h7-18,29H,5-6H2,1-4H3. The third kappa shape index (κ3) is 4.39. The Bertz CT molecular complexity index is 1230. The number of aryl methyl sites for hydroxylation is 1. The second-order valence-corrected chi connectivity index (χ2v) is 8.11. The van der Waals surface area contributed by atoms with Gasteiger partial charge in [-0.05, 0) is 80.4 Å². The number of hydrogen-bond acceptors (Lipinski definition) is 5. The fourth-order valence-corrected chi connectivity index (χ4v) is 4.16. The summed E-state index contributed by atoms with van der Waals surface area (Å²) >= 11 is 0. The summed E-state index contributed by atoms with van der Waals surface area (Å²) in [6.45, 7) is 7.99. The van der Waals surface area contributed by atoms with Crippen LogP contribution in [-0.4, -0.2) is 32.0 Å². The van der Waals surface area contributed by atoms with E-state index in [1.807, 2.05) is 49.4 Å². The zero-order valence-electron chi connectivity index (χ0n) is 20.0. The van der Waals surface area contributed by atoms with Crippen molar-refractivity contribution in [3.63, 3.8) is 0 Å². The number of rotatable bonds is 8. The zero-order chi connectivity index (χ0) is 24.2. The molecule has 0 atom stereocenters. The van der Waals surface area contributed by atoms with E-state index in [4.69, 9.17) is 4.74 Å². The summed E-state index contributed by atoms with van der Waals surface area (Å²) in [5.41, 5.74) is 4.61. The van der Waals surface area contributed by atoms with Crippen molar-refractivity contribution in [3.8, 4) is 5.75 Å². The minimum Gasteiger partial charge on any atom is -0.497 e. The van der Waals surface area contributed by atoms with E-state index in [1.165, 1.54) is 4.90 Å². The van der Waals surface area contributed by atoms with E-state index in [2.05, 4.69) is 24.1 Å². The Morgan fingerprint density at radius 3 is 2.15 bits per heavy atom. The fourth-order valence-electron chi connectivity index (χ4n) is 4.16. The summed E-state index contributed by atoms with van der Waals surface area (Å²) < 4.78 is 5.26. The lowest BCUT2D eigenvalue weighted by Crippen LogP contribution is -2.32. The lowest BCUT2D eigenvalue weighted by atomic mass is 10.0. The Morgan fingerprint density at radius 1 is 0.882 bits per heavy atom. The van der Waals surface area contributed by atoms with Gasteiger partial charge >= 0.3 is 0 Å². The molecule has 34 heavy (non-hydrogen) atoms. The first-order valence-electron chi connectivity index (χ1n) is 11.4. The number of ether oxygens (including phenoxy) is 1. The van der Waals surface area contributed by atoms with Gasteiger partial charge in [0.1, 0.15) is 11.4 Å². The molecule has 0 fully saturated rings. The molecule has 1 N–H and O–H groups in total. The highest BCUT2D eigenvalue weighted by Crippen LogP contribution is 2.35. The van der Waals surface area contributed by atoms with Gasteiger partial charge in [0.15, 0.2) is 0 Å².